The van der Waals surface area contributed by atoms with Gasteiger partial charge in [-0.1, -0.05) is 19.2 Å². The molecule has 0 spiro atoms. The molecule has 0 aliphatic carbocycles. The number of hydrogen-bond acceptors (Lipinski definition) is 1. The molecule has 0 fully saturated rings. The molecule has 0 aromatic carbocycles. The predicted octanol–water partition coefficient (Wildman–Crippen LogP) is 1.96. The van der Waals surface area contributed by atoms with Crippen LogP contribution in [0.25, 0.3) is 0 Å². The first kappa shape index (κ1) is 9.37. The number of rotatable bonds is 3. The van der Waals surface area contributed by atoms with E-state index in [0.717, 1.165) is 0 Å². The Kier molecular flexibility index (Phi) is 3.96. The van der Waals surface area contributed by atoms with Gasteiger partial charge in [0.15, 0.2) is 0 Å². The molecule has 2 heteroatoms. The van der Waals surface area contributed by atoms with E-state index >= 15 is 0 Å². The van der Waals surface area contributed by atoms with E-state index in [1.807, 2.05) is 5.37 Å². The lowest BCUT2D eigenvalue weighted by Crippen LogP contribution is -1.82. The lowest BCUT2D eigenvalue weighted by atomic mass is 10.8. The van der Waals surface area contributed by atoms with Crippen LogP contribution < -0.4 is 0 Å². The van der Waals surface area contributed by atoms with Gasteiger partial charge in [-0.2, -0.15) is 9.21 Å². The fourth-order valence-electron chi connectivity index (χ4n) is 0.463. The third-order valence-corrected chi connectivity index (χ3v) is 2.35. The zero-order chi connectivity index (χ0) is 8.04. The van der Waals surface area contributed by atoms with Gasteiger partial charge in [-0.15, -0.1) is 0 Å². The van der Waals surface area contributed by atoms with Crippen molar-refractivity contribution in [3.8, 4) is 0 Å². The summed E-state index contributed by atoms with van der Waals surface area (Å²) < 4.78 is 4.95. The minimum Gasteiger partial charge on any atom is -0.468 e. The van der Waals surface area contributed by atoms with E-state index < -0.39 is 9.21 Å². The Labute approximate surface area is 63.5 Å². The highest BCUT2D eigenvalue weighted by Crippen LogP contribution is 2.09. The molecular formula is C8H14OS. The molecule has 0 aliphatic heterocycles. The van der Waals surface area contributed by atoms with Crippen molar-refractivity contribution in [2.75, 3.05) is 12.5 Å². The standard InChI is InChI=1S/C8H14OS/c1-5-7-10(3,4)8-9-6-2/h5-8H,1-2H2,3-4H3. The van der Waals surface area contributed by atoms with E-state index in [1.54, 1.807) is 11.6 Å². The second-order valence-corrected chi connectivity index (χ2v) is 5.70. The van der Waals surface area contributed by atoms with Crippen molar-refractivity contribution in [3.05, 3.63) is 25.5 Å². The maximum Gasteiger partial charge on any atom is 0.109 e. The molecule has 0 radical (unpaired) electrons. The lowest BCUT2D eigenvalue weighted by Gasteiger charge is -2.00. The van der Waals surface area contributed by atoms with Gasteiger partial charge in [0.2, 0.25) is 0 Å². The van der Waals surface area contributed by atoms with Gasteiger partial charge >= 0.3 is 0 Å². The predicted molar refractivity (Wildman–Crippen MR) is 53.0 cm³/mol. The zero-order valence-electron chi connectivity index (χ0n) is 6.54. The van der Waals surface area contributed by atoms with Crippen LogP contribution in [0.3, 0.4) is 0 Å². The summed E-state index contributed by atoms with van der Waals surface area (Å²) in [4.78, 5) is 0. The zero-order valence-corrected chi connectivity index (χ0v) is 7.36. The van der Waals surface area contributed by atoms with Gasteiger partial charge in [-0.05, 0) is 17.9 Å². The van der Waals surface area contributed by atoms with Crippen molar-refractivity contribution in [2.24, 2.45) is 0 Å². The average Bonchev–Trinajstić information content (AvgIpc) is 1.84. The van der Waals surface area contributed by atoms with Gasteiger partial charge in [0.05, 0.1) is 6.26 Å². The monoisotopic (exact) mass is 158 g/mol. The van der Waals surface area contributed by atoms with Crippen molar-refractivity contribution in [3.63, 3.8) is 0 Å². The minimum absolute atomic E-state index is 0.855. The van der Waals surface area contributed by atoms with Crippen molar-refractivity contribution < 1.29 is 4.74 Å². The molecular weight excluding hydrogens is 144 g/mol. The van der Waals surface area contributed by atoms with E-state index in [0.29, 0.717) is 0 Å². The highest BCUT2D eigenvalue weighted by Gasteiger charge is 1.81. The lowest BCUT2D eigenvalue weighted by molar-refractivity contribution is 0.507. The smallest absolute Gasteiger partial charge is 0.109 e. The second-order valence-electron chi connectivity index (χ2n) is 2.26. The summed E-state index contributed by atoms with van der Waals surface area (Å²) in [6.07, 6.45) is 7.43. The van der Waals surface area contributed by atoms with Crippen molar-refractivity contribution in [2.45, 2.75) is 0 Å². The molecule has 0 unspecified atom stereocenters. The summed E-state index contributed by atoms with van der Waals surface area (Å²) in [5, 5.41) is 2.04. The molecule has 0 aliphatic rings. The molecule has 0 saturated carbocycles. The Hall–Kier alpha value is -0.630. The highest BCUT2D eigenvalue weighted by atomic mass is 32.2. The Morgan fingerprint density at radius 1 is 1.30 bits per heavy atom. The van der Waals surface area contributed by atoms with Crippen LogP contribution in [0, 0.1) is 0 Å². The van der Waals surface area contributed by atoms with Gasteiger partial charge in [-0.3, -0.25) is 0 Å². The van der Waals surface area contributed by atoms with E-state index in [1.165, 1.54) is 6.26 Å². The summed E-state index contributed by atoms with van der Waals surface area (Å²) in [5.41, 5.74) is 1.79. The summed E-state index contributed by atoms with van der Waals surface area (Å²) in [5.74, 6) is 0. The normalized spacial score (nSPS) is 9.80. The van der Waals surface area contributed by atoms with Crippen LogP contribution in [0.5, 0.6) is 0 Å². The molecule has 0 N–H and O–H groups in total. The molecule has 0 bridgehead atoms. The Morgan fingerprint density at radius 3 is 2.30 bits per heavy atom. The van der Waals surface area contributed by atoms with Gasteiger partial charge in [-0.25, -0.2) is 0 Å². The third-order valence-electron chi connectivity index (χ3n) is 0.847. The van der Waals surface area contributed by atoms with Gasteiger partial charge in [0.1, 0.15) is 5.55 Å². The Balaban J connectivity index is 4.51. The first-order valence-corrected chi connectivity index (χ1v) is 5.48. The second kappa shape index (κ2) is 4.23. The van der Waals surface area contributed by atoms with Crippen molar-refractivity contribution in [1.29, 1.82) is 0 Å². The van der Waals surface area contributed by atoms with Gasteiger partial charge in [0, 0.05) is 0 Å². The first-order chi connectivity index (χ1) is 4.62. The van der Waals surface area contributed by atoms with Crippen LogP contribution in [-0.2, 0) is 4.74 Å². The average molecular weight is 158 g/mol. The molecule has 10 heavy (non-hydrogen) atoms. The van der Waals surface area contributed by atoms with Gasteiger partial charge in [0.25, 0.3) is 0 Å². The van der Waals surface area contributed by atoms with Crippen molar-refractivity contribution >= 4 is 20.1 Å². The van der Waals surface area contributed by atoms with Crippen molar-refractivity contribution in [1.82, 2.24) is 0 Å². The Morgan fingerprint density at radius 2 is 1.90 bits per heavy atom. The first-order valence-electron chi connectivity index (χ1n) is 2.91. The van der Waals surface area contributed by atoms with E-state index in [4.69, 9.17) is 4.74 Å². The fraction of sp³-hybridized carbons (Fsp3) is 0.250. The third kappa shape index (κ3) is 4.27. The van der Waals surface area contributed by atoms with E-state index in [2.05, 4.69) is 25.7 Å². The largest absolute Gasteiger partial charge is 0.468 e. The minimum atomic E-state index is -0.855. The summed E-state index contributed by atoms with van der Waals surface area (Å²) in [6, 6.07) is 0. The number of allylic oxidation sites excluding steroid dienone is 1. The highest BCUT2D eigenvalue weighted by molar-refractivity contribution is 8.28. The topological polar surface area (TPSA) is 9.23 Å². The van der Waals surface area contributed by atoms with Crippen LogP contribution in [0.2, 0.25) is 0 Å². The molecule has 0 amide bonds. The van der Waals surface area contributed by atoms with Crippen LogP contribution in [0.15, 0.2) is 25.5 Å². The molecule has 0 aromatic rings. The Bertz CT molecular complexity index is 222. The molecule has 0 atom stereocenters. The summed E-state index contributed by atoms with van der Waals surface area (Å²) >= 11 is 0. The van der Waals surface area contributed by atoms with Crippen LogP contribution >= 0.6 is 9.21 Å². The summed E-state index contributed by atoms with van der Waals surface area (Å²) in [7, 11) is -0.855. The van der Waals surface area contributed by atoms with Crippen LogP contribution in [0.1, 0.15) is 0 Å². The maximum absolute atomic E-state index is 4.95. The molecule has 0 aromatic heterocycles. The van der Waals surface area contributed by atoms with Gasteiger partial charge < -0.3 is 4.74 Å². The molecule has 1 nitrogen and oxygen atoms in total. The quantitative estimate of drug-likeness (QED) is 0.346. The van der Waals surface area contributed by atoms with E-state index in [-0.39, 0.29) is 0 Å². The molecule has 0 rings (SSSR count). The van der Waals surface area contributed by atoms with Crippen LogP contribution in [0.4, 0.5) is 0 Å². The molecule has 0 heterocycles. The summed E-state index contributed by atoms with van der Waals surface area (Å²) in [6.45, 7) is 7.06. The number of hydrogen-bond donors (Lipinski definition) is 0. The molecule has 58 valence electrons. The maximum atomic E-state index is 4.95. The SMILES string of the molecule is C=CC=S(C)(C)=COC=C. The fourth-order valence-corrected chi connectivity index (χ4v) is 1.39. The van der Waals surface area contributed by atoms with Crippen LogP contribution in [-0.4, -0.2) is 23.4 Å². The number of ether oxygens (including phenoxy) is 1. The molecule has 0 saturated heterocycles. The van der Waals surface area contributed by atoms with E-state index in [9.17, 15) is 0 Å².